The van der Waals surface area contributed by atoms with Crippen molar-refractivity contribution in [2.45, 2.75) is 10.9 Å². The number of nitro groups is 1. The number of phenols is 1. The van der Waals surface area contributed by atoms with Crippen LogP contribution < -0.4 is 10.3 Å². The first-order chi connectivity index (χ1) is 14.5. The molecule has 0 fully saturated rings. The number of aromatic hydroxyl groups is 1. The molecule has 0 amide bonds. The number of benzene rings is 2. The van der Waals surface area contributed by atoms with Gasteiger partial charge in [0.1, 0.15) is 16.9 Å². The number of phenolic OH excluding ortho intramolecular Hbond substituents is 1. The minimum absolute atomic E-state index is 0.0749. The number of rotatable bonds is 6. The molecule has 0 spiro atoms. The summed E-state index contributed by atoms with van der Waals surface area (Å²) in [5.74, 6) is 0.726. The molecular weight excluding hydrogens is 410 g/mol. The lowest BCUT2D eigenvalue weighted by Crippen LogP contribution is -2.21. The van der Waals surface area contributed by atoms with Crippen LogP contribution in [0.5, 0.6) is 11.5 Å². The van der Waals surface area contributed by atoms with Gasteiger partial charge in [-0.2, -0.15) is 5.10 Å². The Hall–Kier alpha value is -3.86. The predicted octanol–water partition coefficient (Wildman–Crippen LogP) is 3.02. The van der Waals surface area contributed by atoms with Gasteiger partial charge in [0.25, 0.3) is 11.2 Å². The number of thioether (sulfide) groups is 1. The first-order valence-corrected chi connectivity index (χ1v) is 9.66. The predicted molar refractivity (Wildman–Crippen MR) is 110 cm³/mol. The summed E-state index contributed by atoms with van der Waals surface area (Å²) >= 11 is 1.16. The number of nitrogens with one attached hydrogen (secondary N) is 1. The number of fused-ring (bicyclic) bond motifs is 1. The first kappa shape index (κ1) is 19.5. The van der Waals surface area contributed by atoms with Crippen LogP contribution >= 0.6 is 11.8 Å². The largest absolute Gasteiger partial charge is 0.508 e. The third-order valence-electron chi connectivity index (χ3n) is 4.41. The molecule has 2 aromatic carbocycles. The van der Waals surface area contributed by atoms with E-state index in [1.165, 1.54) is 29.0 Å². The van der Waals surface area contributed by atoms with Gasteiger partial charge in [0, 0.05) is 23.4 Å². The number of methoxy groups -OCH3 is 1. The highest BCUT2D eigenvalue weighted by molar-refractivity contribution is 7.98. The molecule has 2 N–H and O–H groups in total. The molecule has 0 aliphatic carbocycles. The molecular formula is C19H15N5O5S. The van der Waals surface area contributed by atoms with E-state index < -0.39 is 4.92 Å². The van der Waals surface area contributed by atoms with Gasteiger partial charge in [0.05, 0.1) is 23.9 Å². The molecule has 4 aromatic rings. The second-order valence-electron chi connectivity index (χ2n) is 6.22. The minimum atomic E-state index is -0.532. The summed E-state index contributed by atoms with van der Waals surface area (Å²) < 4.78 is 6.59. The summed E-state index contributed by atoms with van der Waals surface area (Å²) in [4.78, 5) is 28.0. The summed E-state index contributed by atoms with van der Waals surface area (Å²) in [5, 5.41) is 28.3. The number of ether oxygens (including phenoxy) is 1. The average molecular weight is 425 g/mol. The number of nitrogens with zero attached hydrogens (tertiary/aromatic N) is 4. The fourth-order valence-corrected chi connectivity index (χ4v) is 3.86. The van der Waals surface area contributed by atoms with E-state index >= 15 is 0 Å². The molecule has 0 radical (unpaired) electrons. The molecule has 0 unspecified atom stereocenters. The number of H-pyrrole nitrogens is 1. The molecule has 10 nitrogen and oxygen atoms in total. The maximum atomic E-state index is 13.1. The number of aromatic amines is 1. The summed E-state index contributed by atoms with van der Waals surface area (Å²) in [6, 6.07) is 10.7. The van der Waals surface area contributed by atoms with E-state index in [-0.39, 0.29) is 22.7 Å². The summed E-state index contributed by atoms with van der Waals surface area (Å²) in [7, 11) is 1.55. The highest BCUT2D eigenvalue weighted by Crippen LogP contribution is 2.30. The third-order valence-corrected chi connectivity index (χ3v) is 5.40. The Balaban J connectivity index is 1.77. The van der Waals surface area contributed by atoms with Gasteiger partial charge >= 0.3 is 0 Å². The van der Waals surface area contributed by atoms with Crippen molar-refractivity contribution in [3.05, 3.63) is 74.7 Å². The van der Waals surface area contributed by atoms with E-state index in [0.717, 1.165) is 11.8 Å². The molecule has 0 saturated heterocycles. The first-order valence-electron chi connectivity index (χ1n) is 8.67. The SMILES string of the molecule is COc1ccc(-n2c(SCc3cc([N+](=O)[O-])ccc3O)nc3[nH]ncc3c2=O)cc1. The van der Waals surface area contributed by atoms with Crippen molar-refractivity contribution in [2.75, 3.05) is 7.11 Å². The van der Waals surface area contributed by atoms with Crippen molar-refractivity contribution >= 4 is 28.5 Å². The summed E-state index contributed by atoms with van der Waals surface area (Å²) in [6.07, 6.45) is 1.41. The van der Waals surface area contributed by atoms with Crippen LogP contribution in [0.1, 0.15) is 5.56 Å². The van der Waals surface area contributed by atoms with Crippen molar-refractivity contribution in [3.63, 3.8) is 0 Å². The highest BCUT2D eigenvalue weighted by atomic mass is 32.2. The number of hydrogen-bond acceptors (Lipinski definition) is 8. The molecule has 0 atom stereocenters. The van der Waals surface area contributed by atoms with Crippen LogP contribution in [0.2, 0.25) is 0 Å². The molecule has 0 aliphatic heterocycles. The minimum Gasteiger partial charge on any atom is -0.508 e. The van der Waals surface area contributed by atoms with Gasteiger partial charge in [-0.3, -0.25) is 24.6 Å². The van der Waals surface area contributed by atoms with Crippen molar-refractivity contribution in [3.8, 4) is 17.2 Å². The zero-order chi connectivity index (χ0) is 21.3. The summed E-state index contributed by atoms with van der Waals surface area (Å²) in [6.45, 7) is 0. The average Bonchev–Trinajstić information content (AvgIpc) is 3.22. The molecule has 4 rings (SSSR count). The molecule has 2 heterocycles. The van der Waals surface area contributed by atoms with E-state index in [2.05, 4.69) is 15.2 Å². The van der Waals surface area contributed by atoms with Crippen molar-refractivity contribution in [1.82, 2.24) is 19.7 Å². The van der Waals surface area contributed by atoms with Crippen LogP contribution in [0.25, 0.3) is 16.7 Å². The number of hydrogen-bond donors (Lipinski definition) is 2. The zero-order valence-corrected chi connectivity index (χ0v) is 16.4. The fraction of sp³-hybridized carbons (Fsp3) is 0.105. The topological polar surface area (TPSA) is 136 Å². The standard InChI is InChI=1S/C19H15N5O5S/c1-29-14-5-2-12(3-6-14)23-18(26)15-9-20-22-17(15)21-19(23)30-10-11-8-13(24(27)28)4-7-16(11)25/h2-9,25H,10H2,1H3,(H,20,22). The highest BCUT2D eigenvalue weighted by Gasteiger charge is 2.17. The second kappa shape index (κ2) is 7.87. The lowest BCUT2D eigenvalue weighted by molar-refractivity contribution is -0.384. The van der Waals surface area contributed by atoms with Gasteiger partial charge in [-0.1, -0.05) is 11.8 Å². The third kappa shape index (κ3) is 3.57. The maximum absolute atomic E-state index is 13.1. The van der Waals surface area contributed by atoms with Crippen LogP contribution in [-0.4, -0.2) is 36.9 Å². The Bertz CT molecular complexity index is 1300. The van der Waals surface area contributed by atoms with E-state index in [0.29, 0.717) is 33.2 Å². The Morgan fingerprint density at radius 1 is 1.27 bits per heavy atom. The van der Waals surface area contributed by atoms with Crippen molar-refractivity contribution in [2.24, 2.45) is 0 Å². The molecule has 0 saturated carbocycles. The Morgan fingerprint density at radius 2 is 2.03 bits per heavy atom. The van der Waals surface area contributed by atoms with Crippen LogP contribution in [0.15, 0.2) is 58.6 Å². The van der Waals surface area contributed by atoms with Gasteiger partial charge in [-0.05, 0) is 30.3 Å². The molecule has 30 heavy (non-hydrogen) atoms. The summed E-state index contributed by atoms with van der Waals surface area (Å²) in [5.41, 5.74) is 0.810. The second-order valence-corrected chi connectivity index (χ2v) is 7.17. The Labute approximate surface area is 173 Å². The molecule has 152 valence electrons. The molecule has 0 aliphatic rings. The normalized spacial score (nSPS) is 11.0. The number of aromatic nitrogens is 4. The Morgan fingerprint density at radius 3 is 2.73 bits per heavy atom. The van der Waals surface area contributed by atoms with Crippen molar-refractivity contribution < 1.29 is 14.8 Å². The monoisotopic (exact) mass is 425 g/mol. The lowest BCUT2D eigenvalue weighted by Gasteiger charge is -2.12. The van der Waals surface area contributed by atoms with Crippen LogP contribution in [-0.2, 0) is 5.75 Å². The number of non-ortho nitro benzene ring substituents is 1. The van der Waals surface area contributed by atoms with Crippen LogP contribution in [0.3, 0.4) is 0 Å². The van der Waals surface area contributed by atoms with E-state index in [9.17, 15) is 20.0 Å². The number of nitro benzene ring substituents is 1. The van der Waals surface area contributed by atoms with E-state index in [1.807, 2.05) is 0 Å². The smallest absolute Gasteiger partial charge is 0.270 e. The van der Waals surface area contributed by atoms with Crippen LogP contribution in [0.4, 0.5) is 5.69 Å². The van der Waals surface area contributed by atoms with Gasteiger partial charge in [-0.15, -0.1) is 0 Å². The van der Waals surface area contributed by atoms with E-state index in [4.69, 9.17) is 4.74 Å². The van der Waals surface area contributed by atoms with Gasteiger partial charge in [-0.25, -0.2) is 4.98 Å². The fourth-order valence-electron chi connectivity index (χ4n) is 2.87. The van der Waals surface area contributed by atoms with Gasteiger partial charge < -0.3 is 9.84 Å². The lowest BCUT2D eigenvalue weighted by atomic mass is 10.2. The quantitative estimate of drug-likeness (QED) is 0.208. The zero-order valence-electron chi connectivity index (χ0n) is 15.6. The van der Waals surface area contributed by atoms with Gasteiger partial charge in [0.15, 0.2) is 10.8 Å². The molecule has 2 aromatic heterocycles. The molecule has 11 heteroatoms. The van der Waals surface area contributed by atoms with Crippen LogP contribution in [0, 0.1) is 10.1 Å². The molecule has 0 bridgehead atoms. The van der Waals surface area contributed by atoms with Gasteiger partial charge in [0.2, 0.25) is 0 Å². The van der Waals surface area contributed by atoms with E-state index in [1.54, 1.807) is 31.4 Å². The van der Waals surface area contributed by atoms with Crippen molar-refractivity contribution in [1.29, 1.82) is 0 Å². The Kier molecular flexibility index (Phi) is 5.11. The maximum Gasteiger partial charge on any atom is 0.270 e.